The molecule has 11 heteroatoms. The molecule has 0 aromatic carbocycles. The second-order valence-electron chi connectivity index (χ2n) is 9.47. The van der Waals surface area contributed by atoms with E-state index in [4.69, 9.17) is 9.31 Å². The van der Waals surface area contributed by atoms with Gasteiger partial charge in [0.2, 0.25) is 0 Å². The molecule has 5 heterocycles. The lowest BCUT2D eigenvalue weighted by Crippen LogP contribution is -1.95. The van der Waals surface area contributed by atoms with Crippen molar-refractivity contribution in [2.45, 2.75) is 0 Å². The van der Waals surface area contributed by atoms with Crippen molar-refractivity contribution < 1.29 is 12.3 Å². The van der Waals surface area contributed by atoms with E-state index in [2.05, 4.69) is 4.85 Å². The maximum Gasteiger partial charge on any atom is 0.270 e. The van der Waals surface area contributed by atoms with Gasteiger partial charge in [0, 0.05) is 79.0 Å². The fraction of sp³-hybridized carbons (Fsp3) is 0. The molecule has 210 valence electrons. The molecule has 0 bridgehead atoms. The number of allylic oxidation sites excluding steroid dienone is 6. The minimum atomic E-state index is -0.370. The molecule has 0 fully saturated rings. The number of ketones is 2. The molecule has 6 nitrogen and oxygen atoms in total. The summed E-state index contributed by atoms with van der Waals surface area (Å²) in [6.45, 7) is 7.46. The van der Waals surface area contributed by atoms with E-state index in [9.17, 15) is 25.4 Å². The predicted octanol–water partition coefficient (Wildman–Crippen LogP) is 9.84. The Bertz CT molecular complexity index is 2330. The lowest BCUT2D eigenvalue weighted by Gasteiger charge is -2.01. The Morgan fingerprint density at radius 2 is 1.11 bits per heavy atom. The van der Waals surface area contributed by atoms with Crippen molar-refractivity contribution >= 4 is 91.5 Å². The molecule has 0 radical (unpaired) electrons. The molecule has 0 unspecified atom stereocenters. The van der Waals surface area contributed by atoms with Crippen molar-refractivity contribution in [1.29, 1.82) is 15.8 Å². The molecular formula is C34H12N4O2S5. The highest BCUT2D eigenvalue weighted by Crippen LogP contribution is 2.46. The molecule has 0 saturated carbocycles. The van der Waals surface area contributed by atoms with Gasteiger partial charge in [-0.1, -0.05) is 0 Å². The number of rotatable bonds is 4. The van der Waals surface area contributed by atoms with Gasteiger partial charge in [-0.05, 0) is 64.8 Å². The van der Waals surface area contributed by atoms with Crippen LogP contribution in [0.2, 0.25) is 0 Å². The SMILES string of the molecule is [2H]/C(=C1\C(=O)c2cscc2C1=C(C#N)C#N)c1ccc(-c2ccc(-c3ccc(/C([2H])=C4/C(=O)c5cscc5/C4=C(\C#N)[N+]#[C-])s3)s2)s1. The number of nitriles is 3. The van der Waals surface area contributed by atoms with Gasteiger partial charge in [-0.25, -0.2) is 10.1 Å². The molecular weight excluding hydrogens is 657 g/mol. The first-order valence-electron chi connectivity index (χ1n) is 13.8. The van der Waals surface area contributed by atoms with Crippen molar-refractivity contribution in [3.05, 3.63) is 124 Å². The smallest absolute Gasteiger partial charge is 0.270 e. The lowest BCUT2D eigenvalue weighted by atomic mass is 10.0. The number of nitrogens with zero attached hydrogens (tertiary/aromatic N) is 4. The molecule has 0 aliphatic heterocycles. The number of fused-ring (bicyclic) bond motifs is 2. The molecule has 0 N–H and O–H groups in total. The quantitative estimate of drug-likeness (QED) is 0.107. The number of thiophene rings is 5. The Morgan fingerprint density at radius 1 is 0.667 bits per heavy atom. The summed E-state index contributed by atoms with van der Waals surface area (Å²) in [4.78, 5) is 34.5. The van der Waals surface area contributed by atoms with Gasteiger partial charge in [-0.3, -0.25) is 9.59 Å². The molecule has 2 aliphatic carbocycles. The van der Waals surface area contributed by atoms with Crippen LogP contribution in [0.25, 0.3) is 47.6 Å². The zero-order valence-corrected chi connectivity index (χ0v) is 26.5. The minimum absolute atomic E-state index is 0.0327. The van der Waals surface area contributed by atoms with E-state index in [1.54, 1.807) is 33.7 Å². The Labute approximate surface area is 279 Å². The van der Waals surface area contributed by atoms with Crippen LogP contribution in [0.5, 0.6) is 0 Å². The van der Waals surface area contributed by atoms with E-state index in [1.165, 1.54) is 56.7 Å². The Balaban J connectivity index is 1.21. The van der Waals surface area contributed by atoms with E-state index in [0.29, 0.717) is 32.0 Å². The maximum absolute atomic E-state index is 13.3. The molecule has 0 atom stereocenters. The highest BCUT2D eigenvalue weighted by Gasteiger charge is 2.34. The molecule has 5 aromatic heterocycles. The molecule has 0 amide bonds. The third kappa shape index (κ3) is 4.68. The van der Waals surface area contributed by atoms with Crippen LogP contribution in [0.4, 0.5) is 0 Å². The van der Waals surface area contributed by atoms with E-state index in [1.807, 2.05) is 42.5 Å². The van der Waals surface area contributed by atoms with Gasteiger partial charge >= 0.3 is 0 Å². The first-order chi connectivity index (χ1) is 22.8. The summed E-state index contributed by atoms with van der Waals surface area (Å²) in [6, 6.07) is 16.7. The zero-order chi connectivity index (χ0) is 33.0. The summed E-state index contributed by atoms with van der Waals surface area (Å²) < 4.78 is 17.8. The number of carbonyl (C=O) groups excluding carboxylic acids is 2. The summed E-state index contributed by atoms with van der Waals surface area (Å²) in [5.41, 5.74) is 1.96. The van der Waals surface area contributed by atoms with Crippen LogP contribution >= 0.6 is 56.7 Å². The number of hydrogen-bond donors (Lipinski definition) is 0. The normalized spacial score (nSPS) is 17.4. The second-order valence-corrected chi connectivity index (χ2v) is 14.2. The first-order valence-corrected chi connectivity index (χ1v) is 17.2. The molecule has 5 aromatic rings. The third-order valence-electron chi connectivity index (χ3n) is 7.03. The Morgan fingerprint density at radius 3 is 1.60 bits per heavy atom. The standard InChI is InChI=1S/C34H12N4O2S5/c1-38-26(12-37)32-21(34(40)25-16-42-14-23(25)32)9-19-3-5-28(44-19)30-7-6-29(45-30)27-4-2-18(43-27)8-20-31(17(10-35)11-36)22-13-41-15-24(22)33(20)39/h2-9,13-16H/b20-8+,21-9+,32-26+/i8D,9D. The van der Waals surface area contributed by atoms with Crippen LogP contribution in [-0.4, -0.2) is 11.6 Å². The summed E-state index contributed by atoms with van der Waals surface area (Å²) in [5.74, 6) is -0.734. The highest BCUT2D eigenvalue weighted by atomic mass is 32.1. The molecule has 0 spiro atoms. The van der Waals surface area contributed by atoms with Crippen LogP contribution in [0, 0.1) is 40.6 Å². The summed E-state index contributed by atoms with van der Waals surface area (Å²) in [6.07, 6.45) is 0. The van der Waals surface area contributed by atoms with Gasteiger partial charge in [-0.15, -0.1) is 34.0 Å². The summed E-state index contributed by atoms with van der Waals surface area (Å²) in [5, 5.41) is 35.5. The Hall–Kier alpha value is -5.24. The van der Waals surface area contributed by atoms with Gasteiger partial charge in [0.05, 0.1) is 15.4 Å². The van der Waals surface area contributed by atoms with Gasteiger partial charge in [0.15, 0.2) is 11.6 Å². The van der Waals surface area contributed by atoms with E-state index < -0.39 is 0 Å². The van der Waals surface area contributed by atoms with Gasteiger partial charge in [-0.2, -0.15) is 33.2 Å². The average molecular weight is 671 g/mol. The lowest BCUT2D eigenvalue weighted by molar-refractivity contribution is 0.103. The minimum Gasteiger partial charge on any atom is -0.289 e. The van der Waals surface area contributed by atoms with Crippen molar-refractivity contribution in [1.82, 2.24) is 0 Å². The van der Waals surface area contributed by atoms with Crippen LogP contribution < -0.4 is 0 Å². The van der Waals surface area contributed by atoms with Crippen LogP contribution in [-0.2, 0) is 0 Å². The van der Waals surface area contributed by atoms with Crippen molar-refractivity contribution in [3.8, 4) is 37.7 Å². The fourth-order valence-corrected chi connectivity index (χ4v) is 9.69. The first kappa shape index (κ1) is 26.2. The Kier molecular flexibility index (Phi) is 6.61. The third-order valence-corrected chi connectivity index (χ3v) is 12.0. The molecule has 45 heavy (non-hydrogen) atoms. The predicted molar refractivity (Wildman–Crippen MR) is 181 cm³/mol. The summed E-state index contributed by atoms with van der Waals surface area (Å²) >= 11 is 6.79. The van der Waals surface area contributed by atoms with Crippen LogP contribution in [0.3, 0.4) is 0 Å². The average Bonchev–Trinajstić information content (AvgIpc) is 3.93. The van der Waals surface area contributed by atoms with E-state index in [-0.39, 0.29) is 57.2 Å². The molecule has 7 rings (SSSR count). The van der Waals surface area contributed by atoms with Crippen molar-refractivity contribution in [2.75, 3.05) is 0 Å². The zero-order valence-electron chi connectivity index (χ0n) is 24.4. The van der Waals surface area contributed by atoms with Crippen LogP contribution in [0.15, 0.2) is 80.3 Å². The van der Waals surface area contributed by atoms with Crippen LogP contribution in [0.1, 0.15) is 44.3 Å². The highest BCUT2D eigenvalue weighted by molar-refractivity contribution is 7.26. The van der Waals surface area contributed by atoms with E-state index >= 15 is 0 Å². The van der Waals surface area contributed by atoms with Crippen molar-refractivity contribution in [2.24, 2.45) is 0 Å². The van der Waals surface area contributed by atoms with E-state index in [0.717, 1.165) is 19.5 Å². The topological polar surface area (TPSA) is 110 Å². The molecule has 2 aliphatic rings. The number of Topliss-reactive ketones (excluding diaryl/α,β-unsaturated/α-hetero) is 2. The van der Waals surface area contributed by atoms with Crippen molar-refractivity contribution in [3.63, 3.8) is 0 Å². The largest absolute Gasteiger partial charge is 0.289 e. The summed E-state index contributed by atoms with van der Waals surface area (Å²) in [7, 11) is 0. The van der Waals surface area contributed by atoms with Gasteiger partial charge in [0.25, 0.3) is 5.70 Å². The van der Waals surface area contributed by atoms with Gasteiger partial charge < -0.3 is 0 Å². The second kappa shape index (κ2) is 11.4. The maximum atomic E-state index is 13.3. The van der Waals surface area contributed by atoms with Gasteiger partial charge in [0.1, 0.15) is 17.7 Å². The number of hydrogen-bond acceptors (Lipinski definition) is 10. The number of carbonyl (C=O) groups is 2. The fourth-order valence-electron chi connectivity index (χ4n) is 5.04. The monoisotopic (exact) mass is 670 g/mol. The molecule has 0 saturated heterocycles.